The Morgan fingerprint density at radius 1 is 1.53 bits per heavy atom. The molecule has 0 radical (unpaired) electrons. The molecule has 0 unspecified atom stereocenters. The Morgan fingerprint density at radius 2 is 2.35 bits per heavy atom. The van der Waals surface area contributed by atoms with E-state index >= 15 is 0 Å². The SMILES string of the molecule is N/C(=N/O)c1cccc(Cn2cncn2)c1F. The molecule has 3 N–H and O–H groups in total. The molecule has 1 heterocycles. The fourth-order valence-corrected chi connectivity index (χ4v) is 1.44. The predicted octanol–water partition coefficient (Wildman–Crippen LogP) is 0.560. The molecule has 0 saturated heterocycles. The largest absolute Gasteiger partial charge is 0.409 e. The van der Waals surface area contributed by atoms with Crippen LogP contribution >= 0.6 is 0 Å². The van der Waals surface area contributed by atoms with Gasteiger partial charge in [-0.25, -0.2) is 14.1 Å². The summed E-state index contributed by atoms with van der Waals surface area (Å²) in [5.74, 6) is -0.791. The highest BCUT2D eigenvalue weighted by Gasteiger charge is 2.11. The van der Waals surface area contributed by atoms with Crippen molar-refractivity contribution in [1.29, 1.82) is 0 Å². The number of nitrogens with two attached hydrogens (primary N) is 1. The van der Waals surface area contributed by atoms with Crippen LogP contribution in [0.15, 0.2) is 36.0 Å². The molecule has 88 valence electrons. The zero-order chi connectivity index (χ0) is 12.3. The third kappa shape index (κ3) is 2.22. The first kappa shape index (κ1) is 11.1. The van der Waals surface area contributed by atoms with Gasteiger partial charge in [0.05, 0.1) is 12.1 Å². The van der Waals surface area contributed by atoms with E-state index in [0.29, 0.717) is 5.56 Å². The topological polar surface area (TPSA) is 89.3 Å². The van der Waals surface area contributed by atoms with Crippen LogP contribution in [0.5, 0.6) is 0 Å². The fourth-order valence-electron chi connectivity index (χ4n) is 1.44. The van der Waals surface area contributed by atoms with Crippen LogP contribution in [0.25, 0.3) is 0 Å². The van der Waals surface area contributed by atoms with E-state index in [9.17, 15) is 4.39 Å². The van der Waals surface area contributed by atoms with E-state index in [1.165, 1.54) is 23.4 Å². The Bertz CT molecular complexity index is 538. The van der Waals surface area contributed by atoms with Crippen molar-refractivity contribution in [3.8, 4) is 0 Å². The van der Waals surface area contributed by atoms with Gasteiger partial charge < -0.3 is 10.9 Å². The molecule has 0 aliphatic rings. The number of hydrogen-bond donors (Lipinski definition) is 2. The van der Waals surface area contributed by atoms with Gasteiger partial charge in [0.2, 0.25) is 0 Å². The summed E-state index contributed by atoms with van der Waals surface area (Å²) in [4.78, 5) is 3.76. The van der Waals surface area contributed by atoms with Crippen molar-refractivity contribution in [2.75, 3.05) is 0 Å². The third-order valence-electron chi connectivity index (χ3n) is 2.26. The maximum atomic E-state index is 14.0. The van der Waals surface area contributed by atoms with E-state index < -0.39 is 5.82 Å². The first-order chi connectivity index (χ1) is 8.22. The molecule has 0 saturated carbocycles. The van der Waals surface area contributed by atoms with Crippen LogP contribution in [-0.2, 0) is 6.54 Å². The average Bonchev–Trinajstić information content (AvgIpc) is 2.84. The van der Waals surface area contributed by atoms with Gasteiger partial charge in [0.1, 0.15) is 18.5 Å². The fraction of sp³-hybridized carbons (Fsp3) is 0.100. The lowest BCUT2D eigenvalue weighted by molar-refractivity contribution is 0.318. The minimum atomic E-state index is -0.529. The highest BCUT2D eigenvalue weighted by Crippen LogP contribution is 2.13. The van der Waals surface area contributed by atoms with Crippen molar-refractivity contribution in [2.24, 2.45) is 10.9 Å². The van der Waals surface area contributed by atoms with E-state index in [2.05, 4.69) is 15.2 Å². The van der Waals surface area contributed by atoms with Crippen LogP contribution in [0.1, 0.15) is 11.1 Å². The standard InChI is InChI=1S/C10H10FN5O/c11-9-7(4-16-6-13-5-14-16)2-1-3-8(9)10(12)15-17/h1-3,5-6,17H,4H2,(H2,12,15). The molecular weight excluding hydrogens is 225 g/mol. The minimum absolute atomic E-state index is 0.0603. The molecule has 0 aliphatic carbocycles. The van der Waals surface area contributed by atoms with Crippen LogP contribution < -0.4 is 5.73 Å². The molecule has 0 aliphatic heterocycles. The molecule has 7 heteroatoms. The quantitative estimate of drug-likeness (QED) is 0.352. The average molecular weight is 235 g/mol. The Labute approximate surface area is 96.2 Å². The summed E-state index contributed by atoms with van der Waals surface area (Å²) in [7, 11) is 0. The van der Waals surface area contributed by atoms with Gasteiger partial charge in [-0.05, 0) is 6.07 Å². The van der Waals surface area contributed by atoms with E-state index in [0.717, 1.165) is 0 Å². The minimum Gasteiger partial charge on any atom is -0.409 e. The molecule has 1 aromatic carbocycles. The molecule has 0 atom stereocenters. The second-order valence-corrected chi connectivity index (χ2v) is 3.36. The van der Waals surface area contributed by atoms with Gasteiger partial charge in [-0.3, -0.25) is 0 Å². The third-order valence-corrected chi connectivity index (χ3v) is 2.26. The van der Waals surface area contributed by atoms with Gasteiger partial charge in [0, 0.05) is 5.56 Å². The normalized spacial score (nSPS) is 11.7. The number of halogens is 1. The lowest BCUT2D eigenvalue weighted by atomic mass is 10.1. The number of hydrogen-bond acceptors (Lipinski definition) is 4. The van der Waals surface area contributed by atoms with Crippen LogP contribution in [0, 0.1) is 5.82 Å². The summed E-state index contributed by atoms with van der Waals surface area (Å²) in [5, 5.41) is 15.2. The number of oxime groups is 1. The number of aromatic nitrogens is 3. The lowest BCUT2D eigenvalue weighted by Crippen LogP contribution is -2.16. The summed E-state index contributed by atoms with van der Waals surface area (Å²) < 4.78 is 15.4. The van der Waals surface area contributed by atoms with E-state index in [-0.39, 0.29) is 17.9 Å². The summed E-state index contributed by atoms with van der Waals surface area (Å²) in [5.41, 5.74) is 5.81. The van der Waals surface area contributed by atoms with Crippen molar-refractivity contribution in [2.45, 2.75) is 6.54 Å². The maximum Gasteiger partial charge on any atom is 0.173 e. The van der Waals surface area contributed by atoms with Gasteiger partial charge in [-0.2, -0.15) is 5.10 Å². The van der Waals surface area contributed by atoms with Gasteiger partial charge in [0.15, 0.2) is 5.84 Å². The van der Waals surface area contributed by atoms with Gasteiger partial charge in [0.25, 0.3) is 0 Å². The Balaban J connectivity index is 2.36. The Kier molecular flexibility index (Phi) is 2.99. The molecule has 17 heavy (non-hydrogen) atoms. The van der Waals surface area contributed by atoms with E-state index in [1.807, 2.05) is 0 Å². The summed E-state index contributed by atoms with van der Waals surface area (Å²) >= 11 is 0. The summed E-state index contributed by atoms with van der Waals surface area (Å²) in [6.07, 6.45) is 2.85. The van der Waals surface area contributed by atoms with Crippen LogP contribution in [0.3, 0.4) is 0 Å². The Morgan fingerprint density at radius 3 is 3.00 bits per heavy atom. The maximum absolute atomic E-state index is 14.0. The second-order valence-electron chi connectivity index (χ2n) is 3.36. The zero-order valence-corrected chi connectivity index (χ0v) is 8.79. The molecule has 1 aromatic heterocycles. The molecule has 0 fully saturated rings. The predicted molar refractivity (Wildman–Crippen MR) is 58.0 cm³/mol. The molecule has 2 rings (SSSR count). The van der Waals surface area contributed by atoms with E-state index in [4.69, 9.17) is 10.9 Å². The van der Waals surface area contributed by atoms with Crippen molar-refractivity contribution in [3.05, 3.63) is 47.8 Å². The number of benzene rings is 1. The summed E-state index contributed by atoms with van der Waals surface area (Å²) in [6.45, 7) is 0.235. The molecule has 0 spiro atoms. The van der Waals surface area contributed by atoms with Crippen molar-refractivity contribution < 1.29 is 9.60 Å². The van der Waals surface area contributed by atoms with Crippen molar-refractivity contribution in [3.63, 3.8) is 0 Å². The first-order valence-electron chi connectivity index (χ1n) is 4.80. The Hall–Kier alpha value is -2.44. The van der Waals surface area contributed by atoms with Crippen LogP contribution in [0.4, 0.5) is 4.39 Å². The number of amidine groups is 1. The van der Waals surface area contributed by atoms with Gasteiger partial charge in [-0.15, -0.1) is 0 Å². The highest BCUT2D eigenvalue weighted by atomic mass is 19.1. The molecule has 0 amide bonds. The van der Waals surface area contributed by atoms with Gasteiger partial charge >= 0.3 is 0 Å². The summed E-state index contributed by atoms with van der Waals surface area (Å²) in [6, 6.07) is 4.67. The smallest absolute Gasteiger partial charge is 0.173 e. The monoisotopic (exact) mass is 235 g/mol. The molecular formula is C10H10FN5O. The van der Waals surface area contributed by atoms with Crippen LogP contribution in [-0.4, -0.2) is 25.8 Å². The second kappa shape index (κ2) is 4.60. The molecule has 0 bridgehead atoms. The lowest BCUT2D eigenvalue weighted by Gasteiger charge is -2.06. The van der Waals surface area contributed by atoms with E-state index in [1.54, 1.807) is 12.1 Å². The molecule has 2 aromatic rings. The number of nitrogens with zero attached hydrogens (tertiary/aromatic N) is 4. The van der Waals surface area contributed by atoms with Gasteiger partial charge in [-0.1, -0.05) is 17.3 Å². The van der Waals surface area contributed by atoms with Crippen molar-refractivity contribution in [1.82, 2.24) is 14.8 Å². The molecule has 6 nitrogen and oxygen atoms in total. The van der Waals surface area contributed by atoms with Crippen LogP contribution in [0.2, 0.25) is 0 Å². The van der Waals surface area contributed by atoms with Crippen molar-refractivity contribution >= 4 is 5.84 Å². The highest BCUT2D eigenvalue weighted by molar-refractivity contribution is 5.97. The zero-order valence-electron chi connectivity index (χ0n) is 8.79. The first-order valence-corrected chi connectivity index (χ1v) is 4.80. The number of rotatable bonds is 3.